The van der Waals surface area contributed by atoms with Crippen molar-refractivity contribution in [2.75, 3.05) is 17.7 Å². The number of nitrogens with one attached hydrogen (secondary N) is 1. The molecule has 0 aliphatic carbocycles. The van der Waals surface area contributed by atoms with E-state index in [0.29, 0.717) is 5.33 Å². The molecule has 2 aliphatic heterocycles. The zero-order valence-electron chi connectivity index (χ0n) is 15.4. The van der Waals surface area contributed by atoms with Crippen LogP contribution >= 0.6 is 50.7 Å². The van der Waals surface area contributed by atoms with Crippen LogP contribution in [0.25, 0.3) is 0 Å². The Hall–Kier alpha value is -0.870. The van der Waals surface area contributed by atoms with E-state index in [1.807, 2.05) is 18.2 Å². The highest BCUT2D eigenvalue weighted by Crippen LogP contribution is 2.37. The molecule has 1 aromatic carbocycles. The van der Waals surface area contributed by atoms with Crippen LogP contribution in [0.2, 0.25) is 0 Å². The summed E-state index contributed by atoms with van der Waals surface area (Å²) in [4.78, 5) is 39.0. The van der Waals surface area contributed by atoms with E-state index in [0.717, 1.165) is 5.56 Å². The summed E-state index contributed by atoms with van der Waals surface area (Å²) < 4.78 is 16.0. The van der Waals surface area contributed by atoms with Gasteiger partial charge in [0, 0.05) is 27.8 Å². The molecule has 0 spiro atoms. The Bertz CT molecular complexity index is 854. The molecule has 2 fully saturated rings. The zero-order chi connectivity index (χ0) is 22.1. The van der Waals surface area contributed by atoms with Crippen LogP contribution in [-0.4, -0.2) is 65.8 Å². The summed E-state index contributed by atoms with van der Waals surface area (Å²) in [6.45, 7) is -0.477. The third-order valence-electron chi connectivity index (χ3n) is 4.82. The van der Waals surface area contributed by atoms with Crippen molar-refractivity contribution in [2.24, 2.45) is 5.92 Å². The number of β-lactam (4-membered cyclic amide) rings is 1. The highest BCUT2D eigenvalue weighted by molar-refractivity contribution is 9.09. The minimum Gasteiger partial charge on any atom is -0.460 e. The monoisotopic (exact) mass is 558 g/mol. The number of benzene rings is 1. The Balaban J connectivity index is 1.70. The van der Waals surface area contributed by atoms with E-state index in [-0.39, 0.29) is 18.1 Å². The number of halogens is 4. The largest absolute Gasteiger partial charge is 0.460 e. The molecular formula is C18H18BrCl3N2O5S. The number of nitrogens with zero attached hydrogens (tertiary/aromatic N) is 1. The summed E-state index contributed by atoms with van der Waals surface area (Å²) in [6, 6.07) is 7.11. The third-order valence-corrected chi connectivity index (χ3v) is 7.77. The van der Waals surface area contributed by atoms with Crippen LogP contribution < -0.4 is 5.32 Å². The Morgan fingerprint density at radius 1 is 1.27 bits per heavy atom. The maximum Gasteiger partial charge on any atom is 0.329 e. The number of esters is 1. The van der Waals surface area contributed by atoms with Crippen molar-refractivity contribution >= 4 is 79.3 Å². The SMILES string of the molecule is O=C(Cc1ccccc1)N[C@@H]1C(=O)N2[C@@H]1[S@@](=O)CC(CBr)[C@@H]2C(=O)OCC(Cl)(Cl)Cl. The molecular weight excluding hydrogens is 543 g/mol. The van der Waals surface area contributed by atoms with Crippen molar-refractivity contribution in [3.8, 4) is 0 Å². The van der Waals surface area contributed by atoms with E-state index >= 15 is 0 Å². The minimum atomic E-state index is -1.79. The molecule has 12 heteroatoms. The zero-order valence-corrected chi connectivity index (χ0v) is 20.1. The van der Waals surface area contributed by atoms with E-state index in [1.54, 1.807) is 12.1 Å². The fourth-order valence-corrected chi connectivity index (χ4v) is 6.45. The highest BCUT2D eigenvalue weighted by atomic mass is 79.9. The molecule has 2 aliphatic rings. The number of carbonyl (C=O) groups is 3. The van der Waals surface area contributed by atoms with Crippen LogP contribution in [-0.2, 0) is 36.3 Å². The molecule has 5 atom stereocenters. The first kappa shape index (κ1) is 23.8. The lowest BCUT2D eigenvalue weighted by atomic mass is 9.94. The average Bonchev–Trinajstić information content (AvgIpc) is 2.69. The normalized spacial score (nSPS) is 28.3. The number of alkyl halides is 4. The number of fused-ring (bicyclic) bond motifs is 1. The number of hydrogen-bond donors (Lipinski definition) is 1. The second-order valence-corrected chi connectivity index (χ2v) is 11.7. The first-order valence-corrected chi connectivity index (χ1v) is 12.6. The van der Waals surface area contributed by atoms with Gasteiger partial charge in [-0.05, 0) is 5.56 Å². The minimum absolute atomic E-state index is 0.0860. The van der Waals surface area contributed by atoms with Gasteiger partial charge in [-0.25, -0.2) is 4.79 Å². The topological polar surface area (TPSA) is 92.8 Å². The van der Waals surface area contributed by atoms with Gasteiger partial charge >= 0.3 is 5.97 Å². The van der Waals surface area contributed by atoms with Gasteiger partial charge in [0.25, 0.3) is 0 Å². The van der Waals surface area contributed by atoms with E-state index in [4.69, 9.17) is 39.5 Å². The summed E-state index contributed by atoms with van der Waals surface area (Å²) in [6.07, 6.45) is 0.0860. The van der Waals surface area contributed by atoms with Crippen LogP contribution in [0.15, 0.2) is 30.3 Å². The predicted molar refractivity (Wildman–Crippen MR) is 118 cm³/mol. The quantitative estimate of drug-likeness (QED) is 0.326. The average molecular weight is 561 g/mol. The molecule has 30 heavy (non-hydrogen) atoms. The summed E-state index contributed by atoms with van der Waals surface area (Å²) >= 11 is 20.2. The number of hydrogen-bond acceptors (Lipinski definition) is 5. The molecule has 0 bridgehead atoms. The second kappa shape index (κ2) is 9.73. The maximum absolute atomic E-state index is 12.8. The number of amides is 2. The first-order valence-electron chi connectivity index (χ1n) is 8.94. The molecule has 2 saturated heterocycles. The van der Waals surface area contributed by atoms with Gasteiger partial charge < -0.3 is 15.0 Å². The fourth-order valence-electron chi connectivity index (χ4n) is 3.50. The summed E-state index contributed by atoms with van der Waals surface area (Å²) in [7, 11) is -1.46. The molecule has 1 N–H and O–H groups in total. The van der Waals surface area contributed by atoms with Crippen molar-refractivity contribution in [1.29, 1.82) is 0 Å². The van der Waals surface area contributed by atoms with Gasteiger partial charge in [-0.3, -0.25) is 13.8 Å². The number of rotatable bonds is 6. The van der Waals surface area contributed by atoms with Crippen molar-refractivity contribution in [3.05, 3.63) is 35.9 Å². The molecule has 0 aromatic heterocycles. The van der Waals surface area contributed by atoms with Crippen LogP contribution in [0.3, 0.4) is 0 Å². The predicted octanol–water partition coefficient (Wildman–Crippen LogP) is 1.94. The van der Waals surface area contributed by atoms with Crippen molar-refractivity contribution in [2.45, 2.75) is 27.7 Å². The molecule has 0 radical (unpaired) electrons. The Kier molecular flexibility index (Phi) is 7.71. The fraction of sp³-hybridized carbons (Fsp3) is 0.500. The summed E-state index contributed by atoms with van der Waals surface area (Å²) in [5, 5.41) is 2.16. The Labute approximate surface area is 199 Å². The van der Waals surface area contributed by atoms with Gasteiger partial charge in [0.1, 0.15) is 24.1 Å². The van der Waals surface area contributed by atoms with Crippen molar-refractivity contribution in [3.63, 3.8) is 0 Å². The van der Waals surface area contributed by atoms with Gasteiger partial charge in [0.15, 0.2) is 0 Å². The standard InChI is InChI=1S/C18H18BrCl3N2O5S/c19-7-11-8-30(28)16-13(23-12(25)6-10-4-2-1-3-5-10)15(26)24(16)14(11)17(27)29-9-18(20,21)22/h1-5,11,13-14,16H,6-9H2,(H,23,25)/t11?,13-,14-,16-,30+/m1/s1. The van der Waals surface area contributed by atoms with E-state index in [9.17, 15) is 18.6 Å². The van der Waals surface area contributed by atoms with E-state index in [2.05, 4.69) is 21.2 Å². The first-order chi connectivity index (χ1) is 14.1. The third kappa shape index (κ3) is 5.30. The van der Waals surface area contributed by atoms with Gasteiger partial charge in [-0.2, -0.15) is 0 Å². The van der Waals surface area contributed by atoms with Crippen molar-refractivity contribution < 1.29 is 23.3 Å². The van der Waals surface area contributed by atoms with Crippen LogP contribution in [0.5, 0.6) is 0 Å². The highest BCUT2D eigenvalue weighted by Gasteiger charge is 2.60. The van der Waals surface area contributed by atoms with Gasteiger partial charge in [0.05, 0.1) is 6.42 Å². The van der Waals surface area contributed by atoms with E-state index in [1.165, 1.54) is 4.90 Å². The van der Waals surface area contributed by atoms with Crippen LogP contribution in [0.1, 0.15) is 5.56 Å². The lowest BCUT2D eigenvalue weighted by molar-refractivity contribution is -0.168. The molecule has 1 aromatic rings. The number of carbonyl (C=O) groups excluding carboxylic acids is 3. The summed E-state index contributed by atoms with van der Waals surface area (Å²) in [5.74, 6) is -1.87. The molecule has 164 valence electrons. The van der Waals surface area contributed by atoms with Gasteiger partial charge in [-0.15, -0.1) is 0 Å². The lowest BCUT2D eigenvalue weighted by Gasteiger charge is -2.54. The van der Waals surface area contributed by atoms with Crippen LogP contribution in [0.4, 0.5) is 0 Å². The molecule has 1 unspecified atom stereocenters. The Morgan fingerprint density at radius 2 is 1.93 bits per heavy atom. The van der Waals surface area contributed by atoms with Gasteiger partial charge in [-0.1, -0.05) is 81.1 Å². The molecule has 7 nitrogen and oxygen atoms in total. The maximum atomic E-state index is 12.8. The summed E-state index contributed by atoms with van der Waals surface area (Å²) in [5.41, 5.74) is 0.788. The number of ether oxygens (including phenoxy) is 1. The van der Waals surface area contributed by atoms with Crippen molar-refractivity contribution in [1.82, 2.24) is 10.2 Å². The molecule has 3 rings (SSSR count). The van der Waals surface area contributed by atoms with Crippen LogP contribution in [0, 0.1) is 5.92 Å². The Morgan fingerprint density at radius 3 is 2.53 bits per heavy atom. The molecule has 2 amide bonds. The second-order valence-electron chi connectivity index (χ2n) is 6.97. The smallest absolute Gasteiger partial charge is 0.329 e. The lowest BCUT2D eigenvalue weighted by Crippen LogP contribution is -2.79. The van der Waals surface area contributed by atoms with E-state index < -0.39 is 56.5 Å². The van der Waals surface area contributed by atoms with Gasteiger partial charge in [0.2, 0.25) is 15.6 Å². The molecule has 0 saturated carbocycles. The molecule has 2 heterocycles.